The van der Waals surface area contributed by atoms with Crippen molar-refractivity contribution < 1.29 is 14.6 Å². The zero-order chi connectivity index (χ0) is 18.5. The molecular weight excluding hydrogens is 328 g/mol. The molecule has 0 saturated carbocycles. The third-order valence-electron chi connectivity index (χ3n) is 4.66. The number of aromatic amines is 1. The van der Waals surface area contributed by atoms with E-state index >= 15 is 0 Å². The first kappa shape index (κ1) is 17.6. The topological polar surface area (TPSA) is 86.1 Å². The van der Waals surface area contributed by atoms with Crippen LogP contribution in [-0.2, 0) is 22.4 Å². The van der Waals surface area contributed by atoms with Crippen LogP contribution < -0.4 is 0 Å². The van der Waals surface area contributed by atoms with Crippen LogP contribution in [0.4, 0.5) is 0 Å². The fourth-order valence-corrected chi connectivity index (χ4v) is 3.29. The predicted molar refractivity (Wildman–Crippen MR) is 99.0 cm³/mol. The molecule has 0 bridgehead atoms. The molecule has 0 fully saturated rings. The lowest BCUT2D eigenvalue weighted by Crippen LogP contribution is -2.10. The van der Waals surface area contributed by atoms with E-state index in [0.717, 1.165) is 34.0 Å². The number of aromatic hydroxyl groups is 1. The first-order chi connectivity index (χ1) is 12.7. The summed E-state index contributed by atoms with van der Waals surface area (Å²) in [5.41, 5.74) is 4.36. The molecule has 2 aromatic carbocycles. The van der Waals surface area contributed by atoms with Crippen molar-refractivity contribution in [2.24, 2.45) is 0 Å². The van der Waals surface area contributed by atoms with Crippen LogP contribution in [0.2, 0.25) is 0 Å². The van der Waals surface area contributed by atoms with Gasteiger partial charge in [-0.25, -0.2) is 0 Å². The van der Waals surface area contributed by atoms with Crippen LogP contribution >= 0.6 is 0 Å². The maximum absolute atomic E-state index is 10.7. The molecule has 5 nitrogen and oxygen atoms in total. The Labute approximate surface area is 151 Å². The van der Waals surface area contributed by atoms with Crippen molar-refractivity contribution in [2.75, 3.05) is 6.61 Å². The number of phenols is 1. The number of nitrogens with zero attached hydrogens (tertiary/aromatic N) is 1. The van der Waals surface area contributed by atoms with Gasteiger partial charge in [0.05, 0.1) is 18.2 Å². The largest absolute Gasteiger partial charge is 0.508 e. The second-order valence-electron chi connectivity index (χ2n) is 6.26. The highest BCUT2D eigenvalue weighted by Crippen LogP contribution is 2.30. The van der Waals surface area contributed by atoms with Gasteiger partial charge in [-0.1, -0.05) is 25.1 Å². The molecule has 0 aliphatic carbocycles. The molecule has 132 valence electrons. The van der Waals surface area contributed by atoms with Crippen molar-refractivity contribution in [3.05, 3.63) is 64.8 Å². The summed E-state index contributed by atoms with van der Waals surface area (Å²) in [5, 5.41) is 20.2. The number of benzene rings is 2. The number of ether oxygens (including phenoxy) is 1. The lowest BCUT2D eigenvalue weighted by atomic mass is 9.91. The minimum absolute atomic E-state index is 0.0613. The molecule has 0 radical (unpaired) electrons. The summed E-state index contributed by atoms with van der Waals surface area (Å²) in [4.78, 5) is 13.9. The summed E-state index contributed by atoms with van der Waals surface area (Å²) in [6.07, 6.45) is 3.29. The number of H-pyrrole nitrogens is 1. The Morgan fingerprint density at radius 2 is 2.15 bits per heavy atom. The van der Waals surface area contributed by atoms with E-state index in [1.807, 2.05) is 31.3 Å². The molecule has 0 amide bonds. The second kappa shape index (κ2) is 7.75. The molecular formula is C21H20N2O3. The van der Waals surface area contributed by atoms with Gasteiger partial charge in [0.25, 0.3) is 6.47 Å². The molecule has 3 rings (SSSR count). The Kier molecular flexibility index (Phi) is 5.23. The van der Waals surface area contributed by atoms with E-state index in [2.05, 4.69) is 11.1 Å². The Bertz CT molecular complexity index is 969. The number of fused-ring (bicyclic) bond motifs is 1. The summed E-state index contributed by atoms with van der Waals surface area (Å²) < 4.78 is 5.05. The van der Waals surface area contributed by atoms with E-state index in [1.165, 1.54) is 0 Å². The van der Waals surface area contributed by atoms with E-state index in [9.17, 15) is 9.90 Å². The standard InChI is InChI=1S/C21H20N2O3/c1-2-16-5-3-14(9-21(16)25)7-17(12-26-13-24)19-11-23-20-8-15(10-22)4-6-18(19)20/h3-6,8-9,11,13,17,23,25H,2,7,12H2,1H3. The SMILES string of the molecule is CCc1ccc(CC(COC=O)c2c[nH]c3cc(C#N)ccc23)cc1O. The molecule has 0 saturated heterocycles. The highest BCUT2D eigenvalue weighted by atomic mass is 16.5. The van der Waals surface area contributed by atoms with Gasteiger partial charge in [-0.15, -0.1) is 0 Å². The number of nitrogens with one attached hydrogen (secondary N) is 1. The minimum atomic E-state index is -0.0613. The van der Waals surface area contributed by atoms with Crippen molar-refractivity contribution in [3.8, 4) is 11.8 Å². The van der Waals surface area contributed by atoms with Crippen molar-refractivity contribution >= 4 is 17.4 Å². The number of hydrogen-bond donors (Lipinski definition) is 2. The fraction of sp³-hybridized carbons (Fsp3) is 0.238. The first-order valence-electron chi connectivity index (χ1n) is 8.53. The van der Waals surface area contributed by atoms with Crippen LogP contribution in [0.5, 0.6) is 5.75 Å². The number of nitriles is 1. The van der Waals surface area contributed by atoms with E-state index < -0.39 is 0 Å². The average molecular weight is 348 g/mol. The van der Waals surface area contributed by atoms with Crippen molar-refractivity contribution in [1.82, 2.24) is 4.98 Å². The Morgan fingerprint density at radius 1 is 1.31 bits per heavy atom. The monoisotopic (exact) mass is 348 g/mol. The third kappa shape index (κ3) is 3.55. The molecule has 1 aromatic heterocycles. The molecule has 0 aliphatic heterocycles. The maximum Gasteiger partial charge on any atom is 0.293 e. The molecule has 26 heavy (non-hydrogen) atoms. The number of aryl methyl sites for hydroxylation is 1. The van der Waals surface area contributed by atoms with Gasteiger partial charge in [0.1, 0.15) is 5.75 Å². The Morgan fingerprint density at radius 3 is 2.85 bits per heavy atom. The van der Waals surface area contributed by atoms with Gasteiger partial charge in [0.2, 0.25) is 0 Å². The van der Waals surface area contributed by atoms with Gasteiger partial charge in [-0.3, -0.25) is 4.79 Å². The summed E-state index contributed by atoms with van der Waals surface area (Å²) in [5.74, 6) is 0.228. The minimum Gasteiger partial charge on any atom is -0.508 e. The van der Waals surface area contributed by atoms with Crippen LogP contribution in [0.15, 0.2) is 42.6 Å². The van der Waals surface area contributed by atoms with E-state index in [4.69, 9.17) is 10.00 Å². The molecule has 1 heterocycles. The maximum atomic E-state index is 10.7. The van der Waals surface area contributed by atoms with Gasteiger partial charge in [0.15, 0.2) is 0 Å². The summed E-state index contributed by atoms with van der Waals surface area (Å²) in [6, 6.07) is 13.3. The van der Waals surface area contributed by atoms with E-state index in [0.29, 0.717) is 18.5 Å². The van der Waals surface area contributed by atoms with Crippen molar-refractivity contribution in [3.63, 3.8) is 0 Å². The predicted octanol–water partition coefficient (Wildman–Crippen LogP) is 3.81. The zero-order valence-corrected chi connectivity index (χ0v) is 14.5. The summed E-state index contributed by atoms with van der Waals surface area (Å²) in [7, 11) is 0. The van der Waals surface area contributed by atoms with Gasteiger partial charge >= 0.3 is 0 Å². The molecule has 3 aromatic rings. The number of carbonyl (C=O) groups is 1. The molecule has 5 heteroatoms. The van der Waals surface area contributed by atoms with Crippen molar-refractivity contribution in [2.45, 2.75) is 25.7 Å². The molecule has 0 aliphatic rings. The van der Waals surface area contributed by atoms with Crippen molar-refractivity contribution in [1.29, 1.82) is 5.26 Å². The van der Waals surface area contributed by atoms with Crippen LogP contribution in [-0.4, -0.2) is 23.2 Å². The average Bonchev–Trinajstić information content (AvgIpc) is 3.08. The van der Waals surface area contributed by atoms with Gasteiger partial charge in [-0.05, 0) is 47.7 Å². The number of carbonyl (C=O) groups excluding carboxylic acids is 1. The lowest BCUT2D eigenvalue weighted by Gasteiger charge is -2.16. The summed E-state index contributed by atoms with van der Waals surface area (Å²) >= 11 is 0. The summed E-state index contributed by atoms with van der Waals surface area (Å²) in [6.45, 7) is 2.69. The molecule has 0 spiro atoms. The van der Waals surface area contributed by atoms with Crippen LogP contribution in [0, 0.1) is 11.3 Å². The van der Waals surface area contributed by atoms with Gasteiger partial charge in [-0.2, -0.15) is 5.26 Å². The Hall–Kier alpha value is -3.26. The van der Waals surface area contributed by atoms with Gasteiger partial charge < -0.3 is 14.8 Å². The van der Waals surface area contributed by atoms with Crippen LogP contribution in [0.3, 0.4) is 0 Å². The first-order valence-corrected chi connectivity index (χ1v) is 8.53. The highest BCUT2D eigenvalue weighted by Gasteiger charge is 2.18. The molecule has 2 N–H and O–H groups in total. The zero-order valence-electron chi connectivity index (χ0n) is 14.5. The fourth-order valence-electron chi connectivity index (χ4n) is 3.29. The third-order valence-corrected chi connectivity index (χ3v) is 4.66. The van der Waals surface area contributed by atoms with Gasteiger partial charge in [0, 0.05) is 23.0 Å². The van der Waals surface area contributed by atoms with E-state index in [1.54, 1.807) is 18.2 Å². The van der Waals surface area contributed by atoms with E-state index in [-0.39, 0.29) is 18.3 Å². The smallest absolute Gasteiger partial charge is 0.293 e. The normalized spacial score (nSPS) is 11.8. The Balaban J connectivity index is 1.94. The van der Waals surface area contributed by atoms with Crippen LogP contribution in [0.1, 0.15) is 35.1 Å². The number of rotatable bonds is 7. The molecule has 1 unspecified atom stereocenters. The molecule has 1 atom stereocenters. The second-order valence-corrected chi connectivity index (χ2v) is 6.26. The quantitative estimate of drug-likeness (QED) is 0.636. The highest BCUT2D eigenvalue weighted by molar-refractivity contribution is 5.85. The number of aromatic nitrogens is 1. The lowest BCUT2D eigenvalue weighted by molar-refractivity contribution is -0.129. The van der Waals surface area contributed by atoms with Crippen LogP contribution in [0.25, 0.3) is 10.9 Å². The number of phenolic OH excluding ortho intramolecular Hbond substituents is 1. The number of hydrogen-bond acceptors (Lipinski definition) is 4.